The summed E-state index contributed by atoms with van der Waals surface area (Å²) in [7, 11) is 1.64. The number of nitrogens with zero attached hydrogens (tertiary/aromatic N) is 1. The maximum absolute atomic E-state index is 5.89. The van der Waals surface area contributed by atoms with Gasteiger partial charge in [-0.15, -0.1) is 11.3 Å². The molecule has 0 saturated heterocycles. The number of rotatable bonds is 6. The van der Waals surface area contributed by atoms with Gasteiger partial charge in [-0.25, -0.2) is 4.98 Å². The molecule has 0 bridgehead atoms. The highest BCUT2D eigenvalue weighted by molar-refractivity contribution is 7.11. The number of hydrogen-bond acceptors (Lipinski definition) is 5. The summed E-state index contributed by atoms with van der Waals surface area (Å²) in [5, 5.41) is 1.53. The van der Waals surface area contributed by atoms with Crippen LogP contribution in [0.15, 0.2) is 24.3 Å². The molecule has 19 heavy (non-hydrogen) atoms. The van der Waals surface area contributed by atoms with Crippen LogP contribution in [0.2, 0.25) is 5.02 Å². The largest absolute Gasteiger partial charge is 0.486 e. The molecule has 0 saturated carbocycles. The Morgan fingerprint density at radius 1 is 1.37 bits per heavy atom. The highest BCUT2D eigenvalue weighted by Crippen LogP contribution is 2.22. The van der Waals surface area contributed by atoms with Crippen LogP contribution in [0.25, 0.3) is 0 Å². The molecule has 102 valence electrons. The Morgan fingerprint density at radius 2 is 2.21 bits per heavy atom. The molecule has 0 unspecified atom stereocenters. The quantitative estimate of drug-likeness (QED) is 0.891. The fraction of sp³-hybridized carbons (Fsp3) is 0.308. The summed E-state index contributed by atoms with van der Waals surface area (Å²) in [6, 6.07) is 7.29. The van der Waals surface area contributed by atoms with Gasteiger partial charge in [0.05, 0.1) is 12.3 Å². The third-order valence-corrected chi connectivity index (χ3v) is 3.78. The van der Waals surface area contributed by atoms with Gasteiger partial charge in [-0.1, -0.05) is 17.7 Å². The highest BCUT2D eigenvalue weighted by atomic mass is 35.5. The first-order valence-electron chi connectivity index (χ1n) is 5.77. The smallest absolute Gasteiger partial charge is 0.140 e. The lowest BCUT2D eigenvalue weighted by Crippen LogP contribution is -1.99. The van der Waals surface area contributed by atoms with Crippen molar-refractivity contribution in [2.24, 2.45) is 5.73 Å². The van der Waals surface area contributed by atoms with E-state index in [2.05, 4.69) is 4.98 Å². The predicted molar refractivity (Wildman–Crippen MR) is 76.5 cm³/mol. The number of hydrogen-bond donors (Lipinski definition) is 1. The molecule has 0 amide bonds. The molecule has 4 nitrogen and oxygen atoms in total. The molecule has 2 aromatic rings. The molecule has 2 N–H and O–H groups in total. The Bertz CT molecular complexity index is 545. The number of aromatic nitrogens is 1. The molecule has 0 aliphatic carbocycles. The van der Waals surface area contributed by atoms with E-state index in [0.29, 0.717) is 24.8 Å². The second-order valence-corrected chi connectivity index (χ2v) is 5.47. The molecule has 0 fully saturated rings. The number of benzene rings is 1. The number of methoxy groups -OCH3 is 1. The van der Waals surface area contributed by atoms with Crippen LogP contribution in [0.3, 0.4) is 0 Å². The normalized spacial score (nSPS) is 10.7. The first-order chi connectivity index (χ1) is 9.22. The molecule has 0 aliphatic rings. The Balaban J connectivity index is 2.03. The van der Waals surface area contributed by atoms with E-state index in [9.17, 15) is 0 Å². The van der Waals surface area contributed by atoms with Crippen molar-refractivity contribution in [1.82, 2.24) is 4.98 Å². The molecule has 1 heterocycles. The fourth-order valence-corrected chi connectivity index (χ4v) is 2.65. The second kappa shape index (κ2) is 6.86. The predicted octanol–water partition coefficient (Wildman–Crippen LogP) is 2.98. The van der Waals surface area contributed by atoms with Crippen LogP contribution in [0.5, 0.6) is 5.75 Å². The van der Waals surface area contributed by atoms with Gasteiger partial charge in [-0.05, 0) is 18.2 Å². The molecule has 0 spiro atoms. The van der Waals surface area contributed by atoms with Crippen LogP contribution in [0, 0.1) is 0 Å². The lowest BCUT2D eigenvalue weighted by atomic mass is 10.3. The van der Waals surface area contributed by atoms with Crippen molar-refractivity contribution in [3.05, 3.63) is 44.9 Å². The van der Waals surface area contributed by atoms with E-state index in [1.165, 1.54) is 0 Å². The molecule has 0 aliphatic heterocycles. The lowest BCUT2D eigenvalue weighted by molar-refractivity contribution is 0.181. The van der Waals surface area contributed by atoms with E-state index in [1.54, 1.807) is 30.6 Å². The highest BCUT2D eigenvalue weighted by Gasteiger charge is 2.10. The summed E-state index contributed by atoms with van der Waals surface area (Å²) in [6.07, 6.45) is 0. The average Bonchev–Trinajstić information content (AvgIpc) is 2.79. The number of ether oxygens (including phenoxy) is 2. The topological polar surface area (TPSA) is 57.4 Å². The molecule has 1 aromatic carbocycles. The Morgan fingerprint density at radius 3 is 2.89 bits per heavy atom. The first-order valence-corrected chi connectivity index (χ1v) is 6.97. The molecule has 1 aromatic heterocycles. The number of nitrogens with two attached hydrogens (primary N) is 1. The van der Waals surface area contributed by atoms with Crippen molar-refractivity contribution in [1.29, 1.82) is 0 Å². The Labute approximate surface area is 121 Å². The van der Waals surface area contributed by atoms with Gasteiger partial charge >= 0.3 is 0 Å². The zero-order valence-corrected chi connectivity index (χ0v) is 12.1. The van der Waals surface area contributed by atoms with E-state index < -0.39 is 0 Å². The standard InChI is InChI=1S/C13H15ClN2O2S/c1-17-7-11-12(6-15)19-13(16-11)8-18-10-4-2-3-9(14)5-10/h2-5H,6-8,15H2,1H3. The second-order valence-electron chi connectivity index (χ2n) is 3.86. The van der Waals surface area contributed by atoms with Crippen LogP contribution >= 0.6 is 22.9 Å². The van der Waals surface area contributed by atoms with Crippen molar-refractivity contribution >= 4 is 22.9 Å². The summed E-state index contributed by atoms with van der Waals surface area (Å²) in [5.41, 5.74) is 6.57. The van der Waals surface area contributed by atoms with Crippen LogP contribution in [0.1, 0.15) is 15.6 Å². The number of halogens is 1. The molecular weight excluding hydrogens is 284 g/mol. The molecule has 0 radical (unpaired) electrons. The van der Waals surface area contributed by atoms with E-state index in [1.807, 2.05) is 12.1 Å². The zero-order chi connectivity index (χ0) is 13.7. The van der Waals surface area contributed by atoms with Gasteiger partial charge in [0.25, 0.3) is 0 Å². The van der Waals surface area contributed by atoms with Crippen molar-refractivity contribution in [2.75, 3.05) is 7.11 Å². The number of thiazole rings is 1. The van der Waals surface area contributed by atoms with Gasteiger partial charge in [0.15, 0.2) is 0 Å². The fourth-order valence-electron chi connectivity index (χ4n) is 1.61. The van der Waals surface area contributed by atoms with Crippen molar-refractivity contribution < 1.29 is 9.47 Å². The molecular formula is C13H15ClN2O2S. The molecule has 0 atom stereocenters. The maximum atomic E-state index is 5.89. The Kier molecular flexibility index (Phi) is 5.15. The van der Waals surface area contributed by atoms with Crippen LogP contribution < -0.4 is 10.5 Å². The van der Waals surface area contributed by atoms with Crippen LogP contribution in [-0.2, 0) is 24.5 Å². The van der Waals surface area contributed by atoms with Gasteiger partial charge in [0, 0.05) is 23.6 Å². The van der Waals surface area contributed by atoms with Gasteiger partial charge in [-0.3, -0.25) is 0 Å². The summed E-state index contributed by atoms with van der Waals surface area (Å²) < 4.78 is 10.7. The van der Waals surface area contributed by atoms with Gasteiger partial charge < -0.3 is 15.2 Å². The first kappa shape index (κ1) is 14.3. The summed E-state index contributed by atoms with van der Waals surface area (Å²) in [6.45, 7) is 1.34. The van der Waals surface area contributed by atoms with Crippen LogP contribution in [-0.4, -0.2) is 12.1 Å². The average molecular weight is 299 g/mol. The van der Waals surface area contributed by atoms with E-state index in [0.717, 1.165) is 21.3 Å². The van der Waals surface area contributed by atoms with Crippen molar-refractivity contribution in [3.8, 4) is 5.75 Å². The van der Waals surface area contributed by atoms with Crippen molar-refractivity contribution in [2.45, 2.75) is 19.8 Å². The molecule has 6 heteroatoms. The van der Waals surface area contributed by atoms with E-state index >= 15 is 0 Å². The third kappa shape index (κ3) is 3.91. The minimum absolute atomic E-state index is 0.404. The summed E-state index contributed by atoms with van der Waals surface area (Å²) in [4.78, 5) is 5.50. The van der Waals surface area contributed by atoms with Gasteiger partial charge in [-0.2, -0.15) is 0 Å². The summed E-state index contributed by atoms with van der Waals surface area (Å²) >= 11 is 7.44. The van der Waals surface area contributed by atoms with Crippen LogP contribution in [0.4, 0.5) is 0 Å². The monoisotopic (exact) mass is 298 g/mol. The van der Waals surface area contributed by atoms with Gasteiger partial charge in [0.1, 0.15) is 17.4 Å². The lowest BCUT2D eigenvalue weighted by Gasteiger charge is -2.03. The third-order valence-electron chi connectivity index (χ3n) is 2.45. The SMILES string of the molecule is COCc1nc(COc2cccc(Cl)c2)sc1CN. The maximum Gasteiger partial charge on any atom is 0.140 e. The van der Waals surface area contributed by atoms with Gasteiger partial charge in [0.2, 0.25) is 0 Å². The van der Waals surface area contributed by atoms with Crippen molar-refractivity contribution in [3.63, 3.8) is 0 Å². The molecule has 2 rings (SSSR count). The minimum atomic E-state index is 0.404. The minimum Gasteiger partial charge on any atom is -0.486 e. The summed E-state index contributed by atoms with van der Waals surface area (Å²) in [5.74, 6) is 0.727. The Hall–Kier alpha value is -1.14. The van der Waals surface area contributed by atoms with E-state index in [-0.39, 0.29) is 0 Å². The zero-order valence-electron chi connectivity index (χ0n) is 10.6. The van der Waals surface area contributed by atoms with E-state index in [4.69, 9.17) is 26.8 Å².